The van der Waals surface area contributed by atoms with E-state index in [1.54, 1.807) is 66.7 Å². The third-order valence-corrected chi connectivity index (χ3v) is 5.36. The average molecular weight is 452 g/mol. The molecule has 1 heterocycles. The fourth-order valence-corrected chi connectivity index (χ4v) is 3.66. The lowest BCUT2D eigenvalue weighted by molar-refractivity contribution is -0.124. The third-order valence-electron chi connectivity index (χ3n) is 5.11. The quantitative estimate of drug-likeness (QED) is 0.545. The minimum Gasteiger partial charge on any atom is -0.326 e. The Labute approximate surface area is 189 Å². The molecule has 1 fully saturated rings. The van der Waals surface area contributed by atoms with Crippen molar-refractivity contribution in [2.75, 3.05) is 10.2 Å². The van der Waals surface area contributed by atoms with Crippen LogP contribution < -0.4 is 10.2 Å². The predicted octanol–water partition coefficient (Wildman–Crippen LogP) is 4.85. The maximum absolute atomic E-state index is 13.3. The monoisotopic (exact) mass is 451 g/mol. The largest absolute Gasteiger partial charge is 0.332 e. The van der Waals surface area contributed by atoms with Gasteiger partial charge in [0, 0.05) is 17.3 Å². The standard InChI is InChI=1S/C24H19ClFN3O3/c25-17-8-12-19(13-9-17)27-22(30)14-21-23(31)29(20-4-2-1-3-5-20)24(32)28(21)15-16-6-10-18(26)11-7-16/h1-13,21H,14-15H2,(H,27,30). The number of urea groups is 1. The molecule has 1 saturated heterocycles. The van der Waals surface area contributed by atoms with Crippen LogP contribution in [-0.4, -0.2) is 28.8 Å². The van der Waals surface area contributed by atoms with E-state index in [1.165, 1.54) is 17.0 Å². The van der Waals surface area contributed by atoms with Crippen molar-refractivity contribution >= 4 is 40.8 Å². The Morgan fingerprint density at radius 2 is 1.59 bits per heavy atom. The van der Waals surface area contributed by atoms with Crippen LogP contribution in [0.3, 0.4) is 0 Å². The smallest absolute Gasteiger partial charge is 0.326 e. The molecule has 6 nitrogen and oxygen atoms in total. The van der Waals surface area contributed by atoms with Crippen LogP contribution in [-0.2, 0) is 16.1 Å². The topological polar surface area (TPSA) is 69.7 Å². The Balaban J connectivity index is 1.58. The SMILES string of the molecule is O=C(CC1C(=O)N(c2ccccc2)C(=O)N1Cc1ccc(F)cc1)Nc1ccc(Cl)cc1. The highest BCUT2D eigenvalue weighted by Crippen LogP contribution is 2.28. The molecular formula is C24H19ClFN3O3. The summed E-state index contributed by atoms with van der Waals surface area (Å²) in [6, 6.07) is 19.2. The second-order valence-corrected chi connectivity index (χ2v) is 7.76. The maximum atomic E-state index is 13.3. The molecule has 0 saturated carbocycles. The van der Waals surface area contributed by atoms with E-state index in [2.05, 4.69) is 5.32 Å². The molecule has 1 aliphatic rings. The molecule has 0 aromatic heterocycles. The number of hydrogen-bond acceptors (Lipinski definition) is 3. The van der Waals surface area contributed by atoms with Crippen LogP contribution in [0.1, 0.15) is 12.0 Å². The van der Waals surface area contributed by atoms with Gasteiger partial charge in [-0.05, 0) is 54.1 Å². The fraction of sp³-hybridized carbons (Fsp3) is 0.125. The van der Waals surface area contributed by atoms with Crippen molar-refractivity contribution < 1.29 is 18.8 Å². The van der Waals surface area contributed by atoms with Crippen LogP contribution in [0.25, 0.3) is 0 Å². The van der Waals surface area contributed by atoms with E-state index in [0.717, 1.165) is 4.90 Å². The van der Waals surface area contributed by atoms with Crippen LogP contribution in [0.5, 0.6) is 0 Å². The van der Waals surface area contributed by atoms with Crippen LogP contribution >= 0.6 is 11.6 Å². The summed E-state index contributed by atoms with van der Waals surface area (Å²) in [5.41, 5.74) is 1.60. The molecule has 4 rings (SSSR count). The lowest BCUT2D eigenvalue weighted by Crippen LogP contribution is -2.37. The lowest BCUT2D eigenvalue weighted by Gasteiger charge is -2.21. The highest BCUT2D eigenvalue weighted by atomic mass is 35.5. The number of amides is 4. The number of hydrogen-bond donors (Lipinski definition) is 1. The summed E-state index contributed by atoms with van der Waals surface area (Å²) in [6.45, 7) is 0.0626. The molecule has 4 amide bonds. The molecule has 0 bridgehead atoms. The molecule has 3 aromatic rings. The number of anilines is 2. The van der Waals surface area contributed by atoms with Crippen molar-refractivity contribution in [2.24, 2.45) is 0 Å². The molecular weight excluding hydrogens is 433 g/mol. The Hall–Kier alpha value is -3.71. The highest BCUT2D eigenvalue weighted by Gasteiger charge is 2.46. The number of carbonyl (C=O) groups is 3. The van der Waals surface area contributed by atoms with Gasteiger partial charge in [0.2, 0.25) is 5.91 Å². The van der Waals surface area contributed by atoms with E-state index in [4.69, 9.17) is 11.6 Å². The first-order valence-corrected chi connectivity index (χ1v) is 10.3. The molecule has 1 atom stereocenters. The summed E-state index contributed by atoms with van der Waals surface area (Å²) in [7, 11) is 0. The Kier molecular flexibility index (Phi) is 6.18. The summed E-state index contributed by atoms with van der Waals surface area (Å²) in [4.78, 5) is 41.5. The van der Waals surface area contributed by atoms with E-state index < -0.39 is 29.7 Å². The number of halogens is 2. The zero-order chi connectivity index (χ0) is 22.7. The molecule has 1 aliphatic heterocycles. The van der Waals surface area contributed by atoms with Crippen LogP contribution in [0.15, 0.2) is 78.9 Å². The lowest BCUT2D eigenvalue weighted by atomic mass is 10.1. The van der Waals surface area contributed by atoms with Gasteiger partial charge >= 0.3 is 6.03 Å². The fourth-order valence-electron chi connectivity index (χ4n) is 3.54. The number of benzene rings is 3. The first-order chi connectivity index (χ1) is 15.4. The number of rotatable bonds is 6. The van der Waals surface area contributed by atoms with Crippen LogP contribution in [0, 0.1) is 5.82 Å². The second-order valence-electron chi connectivity index (χ2n) is 7.32. The molecule has 8 heteroatoms. The number of para-hydroxylation sites is 1. The first-order valence-electron chi connectivity index (χ1n) is 9.92. The molecule has 0 aliphatic carbocycles. The van der Waals surface area contributed by atoms with Crippen molar-refractivity contribution in [3.8, 4) is 0 Å². The average Bonchev–Trinajstić information content (AvgIpc) is 3.01. The van der Waals surface area contributed by atoms with Gasteiger partial charge in [0.05, 0.1) is 12.1 Å². The summed E-state index contributed by atoms with van der Waals surface area (Å²) in [5, 5.41) is 3.25. The van der Waals surface area contributed by atoms with Crippen LogP contribution in [0.2, 0.25) is 5.02 Å². The maximum Gasteiger partial charge on any atom is 0.332 e. The zero-order valence-electron chi connectivity index (χ0n) is 16.9. The van der Waals surface area contributed by atoms with E-state index >= 15 is 0 Å². The van der Waals surface area contributed by atoms with Gasteiger partial charge in [-0.2, -0.15) is 0 Å². The number of imide groups is 1. The number of nitrogens with one attached hydrogen (secondary N) is 1. The van der Waals surface area contributed by atoms with Gasteiger partial charge in [-0.15, -0.1) is 0 Å². The predicted molar refractivity (Wildman–Crippen MR) is 120 cm³/mol. The van der Waals surface area contributed by atoms with Gasteiger partial charge in [0.25, 0.3) is 5.91 Å². The van der Waals surface area contributed by atoms with Gasteiger partial charge in [0.1, 0.15) is 11.9 Å². The first kappa shape index (κ1) is 21.5. The number of carbonyl (C=O) groups excluding carboxylic acids is 3. The van der Waals surface area contributed by atoms with Crippen molar-refractivity contribution in [2.45, 2.75) is 19.0 Å². The molecule has 32 heavy (non-hydrogen) atoms. The van der Waals surface area contributed by atoms with Gasteiger partial charge in [-0.3, -0.25) is 9.59 Å². The van der Waals surface area contributed by atoms with Crippen molar-refractivity contribution in [1.29, 1.82) is 0 Å². The minimum absolute atomic E-state index is 0.0626. The summed E-state index contributed by atoms with van der Waals surface area (Å²) in [5.74, 6) is -1.31. The van der Waals surface area contributed by atoms with Gasteiger partial charge < -0.3 is 10.2 Å². The second kappa shape index (κ2) is 9.20. The molecule has 1 N–H and O–H groups in total. The number of nitrogens with zero attached hydrogens (tertiary/aromatic N) is 2. The molecule has 1 unspecified atom stereocenters. The van der Waals surface area contributed by atoms with Crippen molar-refractivity contribution in [3.63, 3.8) is 0 Å². The molecule has 0 spiro atoms. The summed E-state index contributed by atoms with van der Waals surface area (Å²) < 4.78 is 13.3. The Morgan fingerprint density at radius 1 is 0.938 bits per heavy atom. The van der Waals surface area contributed by atoms with Gasteiger partial charge in [0.15, 0.2) is 0 Å². The van der Waals surface area contributed by atoms with Gasteiger partial charge in [-0.1, -0.05) is 41.9 Å². The van der Waals surface area contributed by atoms with E-state index in [9.17, 15) is 18.8 Å². The van der Waals surface area contributed by atoms with E-state index in [-0.39, 0.29) is 13.0 Å². The zero-order valence-corrected chi connectivity index (χ0v) is 17.6. The van der Waals surface area contributed by atoms with Crippen LogP contribution in [0.4, 0.5) is 20.6 Å². The summed E-state index contributed by atoms with van der Waals surface area (Å²) >= 11 is 5.87. The molecule has 162 valence electrons. The molecule has 3 aromatic carbocycles. The van der Waals surface area contributed by atoms with E-state index in [1.807, 2.05) is 0 Å². The Bertz CT molecular complexity index is 1140. The van der Waals surface area contributed by atoms with Crippen molar-refractivity contribution in [1.82, 2.24) is 4.90 Å². The Morgan fingerprint density at radius 3 is 2.25 bits per heavy atom. The van der Waals surface area contributed by atoms with Gasteiger partial charge in [-0.25, -0.2) is 14.1 Å². The summed E-state index contributed by atoms with van der Waals surface area (Å²) in [6.07, 6.45) is -0.224. The minimum atomic E-state index is -1.000. The normalized spacial score (nSPS) is 15.9. The van der Waals surface area contributed by atoms with E-state index in [0.29, 0.717) is 22.0 Å². The highest BCUT2D eigenvalue weighted by molar-refractivity contribution is 6.30. The molecule has 0 radical (unpaired) electrons. The third kappa shape index (κ3) is 4.63. The van der Waals surface area contributed by atoms with Crippen molar-refractivity contribution in [3.05, 3.63) is 95.3 Å².